The summed E-state index contributed by atoms with van der Waals surface area (Å²) < 4.78 is 5.80. The van der Waals surface area contributed by atoms with E-state index in [1.807, 2.05) is 0 Å². The number of hydrogen-bond acceptors (Lipinski definition) is 2. The second-order valence-electron chi connectivity index (χ2n) is 4.91. The molecular formula is C13H27NO. The van der Waals surface area contributed by atoms with Crippen molar-refractivity contribution in [3.05, 3.63) is 0 Å². The smallest absolute Gasteiger partial charge is 0.0594 e. The summed E-state index contributed by atoms with van der Waals surface area (Å²) in [5, 5.41) is 3.53. The van der Waals surface area contributed by atoms with Crippen LogP contribution in [0.1, 0.15) is 52.9 Å². The van der Waals surface area contributed by atoms with Crippen LogP contribution in [-0.4, -0.2) is 25.3 Å². The average Bonchev–Trinajstić information content (AvgIpc) is 2.75. The Balaban J connectivity index is 1.96. The second kappa shape index (κ2) is 7.24. The molecular weight excluding hydrogens is 186 g/mol. The summed E-state index contributed by atoms with van der Waals surface area (Å²) in [6.07, 6.45) is 7.09. The first-order chi connectivity index (χ1) is 7.24. The molecule has 2 unspecified atom stereocenters. The highest BCUT2D eigenvalue weighted by Crippen LogP contribution is 2.20. The highest BCUT2D eigenvalue weighted by atomic mass is 16.5. The molecule has 2 heteroatoms. The molecule has 15 heavy (non-hydrogen) atoms. The molecule has 0 aromatic heterocycles. The maximum absolute atomic E-state index is 5.80. The van der Waals surface area contributed by atoms with Crippen molar-refractivity contribution in [2.45, 2.75) is 65.0 Å². The molecule has 0 heterocycles. The van der Waals surface area contributed by atoms with Gasteiger partial charge < -0.3 is 10.1 Å². The van der Waals surface area contributed by atoms with Crippen LogP contribution in [0.5, 0.6) is 0 Å². The molecule has 2 nitrogen and oxygen atoms in total. The Labute approximate surface area is 94.8 Å². The molecule has 0 radical (unpaired) electrons. The van der Waals surface area contributed by atoms with E-state index in [1.54, 1.807) is 0 Å². The molecule has 1 aliphatic rings. The Morgan fingerprint density at radius 2 is 1.93 bits per heavy atom. The fourth-order valence-electron chi connectivity index (χ4n) is 2.12. The molecule has 90 valence electrons. The van der Waals surface area contributed by atoms with E-state index in [2.05, 4.69) is 26.1 Å². The minimum absolute atomic E-state index is 0.561. The van der Waals surface area contributed by atoms with E-state index in [1.165, 1.54) is 32.1 Å². The summed E-state index contributed by atoms with van der Waals surface area (Å²) in [7, 11) is 0. The second-order valence-corrected chi connectivity index (χ2v) is 4.91. The minimum atomic E-state index is 0.561. The van der Waals surface area contributed by atoms with Crippen LogP contribution in [0.2, 0.25) is 0 Å². The first-order valence-electron chi connectivity index (χ1n) is 6.59. The van der Waals surface area contributed by atoms with Crippen molar-refractivity contribution < 1.29 is 4.74 Å². The SMILES string of the molecule is CCC(C)C(C)NCCOC1CCCC1. The van der Waals surface area contributed by atoms with Gasteiger partial charge in [0, 0.05) is 12.6 Å². The highest BCUT2D eigenvalue weighted by Gasteiger charge is 2.15. The van der Waals surface area contributed by atoms with Crippen molar-refractivity contribution in [1.82, 2.24) is 5.32 Å². The van der Waals surface area contributed by atoms with Gasteiger partial charge in [0.2, 0.25) is 0 Å². The average molecular weight is 213 g/mol. The standard InChI is InChI=1S/C13H27NO/c1-4-11(2)12(3)14-9-10-15-13-7-5-6-8-13/h11-14H,4-10H2,1-3H3. The van der Waals surface area contributed by atoms with E-state index in [4.69, 9.17) is 4.74 Å². The fraction of sp³-hybridized carbons (Fsp3) is 1.00. The fourth-order valence-corrected chi connectivity index (χ4v) is 2.12. The third kappa shape index (κ3) is 4.98. The van der Waals surface area contributed by atoms with E-state index in [0.717, 1.165) is 19.1 Å². The molecule has 1 fully saturated rings. The zero-order valence-electron chi connectivity index (χ0n) is 10.6. The lowest BCUT2D eigenvalue weighted by molar-refractivity contribution is 0.0585. The summed E-state index contributed by atoms with van der Waals surface area (Å²) in [6, 6.07) is 0.613. The predicted octanol–water partition coefficient (Wildman–Crippen LogP) is 2.97. The lowest BCUT2D eigenvalue weighted by Crippen LogP contribution is -2.34. The van der Waals surface area contributed by atoms with Gasteiger partial charge in [-0.25, -0.2) is 0 Å². The van der Waals surface area contributed by atoms with E-state index < -0.39 is 0 Å². The van der Waals surface area contributed by atoms with Gasteiger partial charge in [0.1, 0.15) is 0 Å². The van der Waals surface area contributed by atoms with Gasteiger partial charge in [0.25, 0.3) is 0 Å². The molecule has 0 spiro atoms. The van der Waals surface area contributed by atoms with E-state index in [-0.39, 0.29) is 0 Å². The molecule has 1 rings (SSSR count). The molecule has 0 aromatic carbocycles. The Bertz CT molecular complexity index is 155. The Morgan fingerprint density at radius 3 is 2.53 bits per heavy atom. The van der Waals surface area contributed by atoms with E-state index in [9.17, 15) is 0 Å². The van der Waals surface area contributed by atoms with Crippen LogP contribution >= 0.6 is 0 Å². The van der Waals surface area contributed by atoms with E-state index >= 15 is 0 Å². The number of ether oxygens (including phenoxy) is 1. The van der Waals surface area contributed by atoms with Crippen molar-refractivity contribution in [3.8, 4) is 0 Å². The van der Waals surface area contributed by atoms with Gasteiger partial charge in [-0.05, 0) is 25.7 Å². The van der Waals surface area contributed by atoms with Gasteiger partial charge in [-0.15, -0.1) is 0 Å². The quantitative estimate of drug-likeness (QED) is 0.656. The normalized spacial score (nSPS) is 21.8. The predicted molar refractivity (Wildman–Crippen MR) is 65.1 cm³/mol. The molecule has 0 saturated heterocycles. The van der Waals surface area contributed by atoms with Crippen molar-refractivity contribution >= 4 is 0 Å². The first kappa shape index (κ1) is 13.0. The maximum atomic E-state index is 5.80. The zero-order chi connectivity index (χ0) is 11.1. The van der Waals surface area contributed by atoms with Crippen molar-refractivity contribution in [2.24, 2.45) is 5.92 Å². The minimum Gasteiger partial charge on any atom is -0.377 e. The van der Waals surface area contributed by atoms with Gasteiger partial charge >= 0.3 is 0 Å². The van der Waals surface area contributed by atoms with Crippen LogP contribution in [-0.2, 0) is 4.74 Å². The molecule has 0 aromatic rings. The Morgan fingerprint density at radius 1 is 1.27 bits per heavy atom. The highest BCUT2D eigenvalue weighted by molar-refractivity contribution is 4.69. The third-order valence-electron chi connectivity index (χ3n) is 3.72. The lowest BCUT2D eigenvalue weighted by atomic mass is 10.0. The van der Waals surface area contributed by atoms with Gasteiger partial charge in [-0.2, -0.15) is 0 Å². The van der Waals surface area contributed by atoms with Crippen LogP contribution < -0.4 is 5.32 Å². The largest absolute Gasteiger partial charge is 0.377 e. The monoisotopic (exact) mass is 213 g/mol. The van der Waals surface area contributed by atoms with Crippen molar-refractivity contribution in [3.63, 3.8) is 0 Å². The number of hydrogen-bond donors (Lipinski definition) is 1. The van der Waals surface area contributed by atoms with E-state index in [0.29, 0.717) is 12.1 Å². The van der Waals surface area contributed by atoms with Gasteiger partial charge in [0.05, 0.1) is 12.7 Å². The lowest BCUT2D eigenvalue weighted by Gasteiger charge is -2.20. The van der Waals surface area contributed by atoms with Gasteiger partial charge in [-0.1, -0.05) is 33.1 Å². The molecule has 1 saturated carbocycles. The van der Waals surface area contributed by atoms with Gasteiger partial charge in [-0.3, -0.25) is 0 Å². The third-order valence-corrected chi connectivity index (χ3v) is 3.72. The van der Waals surface area contributed by atoms with Crippen molar-refractivity contribution in [1.29, 1.82) is 0 Å². The number of rotatable bonds is 7. The van der Waals surface area contributed by atoms with Crippen LogP contribution in [0, 0.1) is 5.92 Å². The molecule has 0 bridgehead atoms. The summed E-state index contributed by atoms with van der Waals surface area (Å²) in [5.41, 5.74) is 0. The number of nitrogens with one attached hydrogen (secondary N) is 1. The summed E-state index contributed by atoms with van der Waals surface area (Å²) >= 11 is 0. The van der Waals surface area contributed by atoms with Crippen LogP contribution in [0.4, 0.5) is 0 Å². The molecule has 1 N–H and O–H groups in total. The topological polar surface area (TPSA) is 21.3 Å². The molecule has 0 amide bonds. The van der Waals surface area contributed by atoms with Crippen molar-refractivity contribution in [2.75, 3.05) is 13.2 Å². The van der Waals surface area contributed by atoms with Gasteiger partial charge in [0.15, 0.2) is 0 Å². The first-order valence-corrected chi connectivity index (χ1v) is 6.59. The molecule has 2 atom stereocenters. The molecule has 0 aliphatic heterocycles. The summed E-state index contributed by atoms with van der Waals surface area (Å²) in [5.74, 6) is 0.761. The maximum Gasteiger partial charge on any atom is 0.0594 e. The van der Waals surface area contributed by atoms with Crippen LogP contribution in [0.3, 0.4) is 0 Å². The zero-order valence-corrected chi connectivity index (χ0v) is 10.6. The Hall–Kier alpha value is -0.0800. The van der Waals surface area contributed by atoms with Crippen LogP contribution in [0.25, 0.3) is 0 Å². The summed E-state index contributed by atoms with van der Waals surface area (Å²) in [4.78, 5) is 0. The molecule has 1 aliphatic carbocycles. The summed E-state index contributed by atoms with van der Waals surface area (Å²) in [6.45, 7) is 8.70. The Kier molecular flexibility index (Phi) is 6.26. The van der Waals surface area contributed by atoms with Crippen LogP contribution in [0.15, 0.2) is 0 Å².